The van der Waals surface area contributed by atoms with Crippen LogP contribution in [0.5, 0.6) is 0 Å². The van der Waals surface area contributed by atoms with Gasteiger partial charge in [0.25, 0.3) is 0 Å². The van der Waals surface area contributed by atoms with Gasteiger partial charge in [0.1, 0.15) is 18.9 Å². The Morgan fingerprint density at radius 3 is 2.27 bits per heavy atom. The van der Waals surface area contributed by atoms with Crippen molar-refractivity contribution >= 4 is 12.1 Å². The Morgan fingerprint density at radius 2 is 1.63 bits per heavy atom. The van der Waals surface area contributed by atoms with E-state index in [0.717, 1.165) is 40.0 Å². The van der Waals surface area contributed by atoms with E-state index in [1.54, 1.807) is 0 Å². The fraction of sp³-hybridized carbons (Fsp3) is 0.417. The summed E-state index contributed by atoms with van der Waals surface area (Å²) in [5, 5.41) is 10.3. The Labute approximate surface area is 176 Å². The molecule has 30 heavy (non-hydrogen) atoms. The summed E-state index contributed by atoms with van der Waals surface area (Å²) < 4.78 is 10.9. The predicted molar refractivity (Wildman–Crippen MR) is 112 cm³/mol. The third kappa shape index (κ3) is 3.79. The fourth-order valence-corrected chi connectivity index (χ4v) is 4.35. The van der Waals surface area contributed by atoms with Gasteiger partial charge in [0.05, 0.1) is 6.61 Å². The Kier molecular flexibility index (Phi) is 6.04. The Bertz CT molecular complexity index is 882. The summed E-state index contributed by atoms with van der Waals surface area (Å²) in [6.07, 6.45) is 0.667. The standard InChI is InChI=1S/C24H27NO5/c1-2-3-14-29-23(27)21-12-13-22(26)25(21)24(28)30-15-20-18-10-6-4-8-16(18)17-9-5-7-11-19(17)20/h4-11,20-22,26H,2-3,12-15H2,1H3. The number of rotatable bonds is 6. The van der Waals surface area contributed by atoms with Gasteiger partial charge in [-0.15, -0.1) is 0 Å². The molecule has 2 aliphatic rings. The molecule has 1 heterocycles. The van der Waals surface area contributed by atoms with E-state index in [-0.39, 0.29) is 12.5 Å². The lowest BCUT2D eigenvalue weighted by Crippen LogP contribution is -2.46. The summed E-state index contributed by atoms with van der Waals surface area (Å²) in [6.45, 7) is 2.48. The quantitative estimate of drug-likeness (QED) is 0.575. The zero-order valence-corrected chi connectivity index (χ0v) is 17.1. The molecule has 0 spiro atoms. The average Bonchev–Trinajstić information content (AvgIpc) is 3.30. The Hall–Kier alpha value is -2.86. The summed E-state index contributed by atoms with van der Waals surface area (Å²) in [6, 6.07) is 15.4. The van der Waals surface area contributed by atoms with Gasteiger partial charge in [-0.2, -0.15) is 0 Å². The summed E-state index contributed by atoms with van der Waals surface area (Å²) in [4.78, 5) is 26.3. The van der Waals surface area contributed by atoms with Crippen LogP contribution in [0.15, 0.2) is 48.5 Å². The predicted octanol–water partition coefficient (Wildman–Crippen LogP) is 4.06. The summed E-state index contributed by atoms with van der Waals surface area (Å²) >= 11 is 0. The van der Waals surface area contributed by atoms with Crippen molar-refractivity contribution in [1.82, 2.24) is 4.90 Å². The molecule has 0 radical (unpaired) electrons. The molecule has 1 N–H and O–H groups in total. The van der Waals surface area contributed by atoms with Crippen LogP contribution in [0.3, 0.4) is 0 Å². The molecular weight excluding hydrogens is 382 g/mol. The van der Waals surface area contributed by atoms with E-state index in [1.807, 2.05) is 43.3 Å². The maximum absolute atomic E-state index is 12.8. The van der Waals surface area contributed by atoms with Crippen LogP contribution in [-0.2, 0) is 14.3 Å². The van der Waals surface area contributed by atoms with Gasteiger partial charge in [-0.05, 0) is 41.5 Å². The third-order valence-electron chi connectivity index (χ3n) is 5.92. The highest BCUT2D eigenvalue weighted by atomic mass is 16.6. The molecule has 1 amide bonds. The number of likely N-dealkylation sites (tertiary alicyclic amines) is 1. The molecule has 158 valence electrons. The number of nitrogens with zero attached hydrogens (tertiary/aromatic N) is 1. The van der Waals surface area contributed by atoms with Crippen molar-refractivity contribution in [2.75, 3.05) is 13.2 Å². The molecule has 6 heteroatoms. The molecule has 0 saturated carbocycles. The lowest BCUT2D eigenvalue weighted by molar-refractivity contribution is -0.150. The van der Waals surface area contributed by atoms with Gasteiger partial charge in [0.15, 0.2) is 0 Å². The van der Waals surface area contributed by atoms with Gasteiger partial charge in [-0.25, -0.2) is 9.59 Å². The van der Waals surface area contributed by atoms with Crippen LogP contribution in [0.1, 0.15) is 49.7 Å². The van der Waals surface area contributed by atoms with E-state index in [9.17, 15) is 14.7 Å². The molecule has 6 nitrogen and oxygen atoms in total. The SMILES string of the molecule is CCCCOC(=O)C1CCC(O)N1C(=O)OCC1c2ccccc2-c2ccccc21. The van der Waals surface area contributed by atoms with Gasteiger partial charge in [-0.1, -0.05) is 61.9 Å². The number of hydrogen-bond donors (Lipinski definition) is 1. The van der Waals surface area contributed by atoms with Crippen molar-refractivity contribution in [3.8, 4) is 11.1 Å². The monoisotopic (exact) mass is 409 g/mol. The number of amides is 1. The second-order valence-electron chi connectivity index (χ2n) is 7.81. The number of aliphatic hydroxyl groups excluding tert-OH is 1. The highest BCUT2D eigenvalue weighted by Gasteiger charge is 2.42. The first-order chi connectivity index (χ1) is 14.6. The van der Waals surface area contributed by atoms with E-state index in [1.165, 1.54) is 0 Å². The van der Waals surface area contributed by atoms with Crippen molar-refractivity contribution in [3.63, 3.8) is 0 Å². The van der Waals surface area contributed by atoms with E-state index in [4.69, 9.17) is 9.47 Å². The number of hydrogen-bond acceptors (Lipinski definition) is 5. The normalized spacial score (nSPS) is 20.0. The number of carbonyl (C=O) groups excluding carboxylic acids is 2. The molecular formula is C24H27NO5. The van der Waals surface area contributed by atoms with E-state index in [0.29, 0.717) is 19.4 Å². The number of aliphatic hydroxyl groups is 1. The van der Waals surface area contributed by atoms with Crippen LogP contribution in [0.4, 0.5) is 4.79 Å². The van der Waals surface area contributed by atoms with Crippen molar-refractivity contribution in [1.29, 1.82) is 0 Å². The highest BCUT2D eigenvalue weighted by Crippen LogP contribution is 2.44. The molecule has 1 saturated heterocycles. The molecule has 4 rings (SSSR count). The highest BCUT2D eigenvalue weighted by molar-refractivity contribution is 5.83. The number of esters is 1. The number of benzene rings is 2. The first-order valence-corrected chi connectivity index (χ1v) is 10.6. The van der Waals surface area contributed by atoms with Gasteiger partial charge >= 0.3 is 12.1 Å². The van der Waals surface area contributed by atoms with Crippen molar-refractivity contribution in [3.05, 3.63) is 59.7 Å². The maximum atomic E-state index is 12.8. The van der Waals surface area contributed by atoms with Crippen LogP contribution >= 0.6 is 0 Å². The molecule has 2 aromatic carbocycles. The number of unbranched alkanes of at least 4 members (excludes halogenated alkanes) is 1. The number of ether oxygens (including phenoxy) is 2. The molecule has 2 atom stereocenters. The summed E-state index contributed by atoms with van der Waals surface area (Å²) in [7, 11) is 0. The van der Waals surface area contributed by atoms with Gasteiger partial charge in [0.2, 0.25) is 0 Å². The first-order valence-electron chi connectivity index (χ1n) is 10.6. The van der Waals surface area contributed by atoms with Crippen LogP contribution in [0, 0.1) is 0 Å². The molecule has 1 aliphatic heterocycles. The summed E-state index contributed by atoms with van der Waals surface area (Å²) in [5.41, 5.74) is 4.52. The zero-order valence-electron chi connectivity index (χ0n) is 17.1. The van der Waals surface area contributed by atoms with E-state index >= 15 is 0 Å². The van der Waals surface area contributed by atoms with Gasteiger partial charge in [-0.3, -0.25) is 4.90 Å². The van der Waals surface area contributed by atoms with Crippen LogP contribution in [0.2, 0.25) is 0 Å². The minimum Gasteiger partial charge on any atom is -0.464 e. The zero-order chi connectivity index (χ0) is 21.1. The van der Waals surface area contributed by atoms with Crippen molar-refractivity contribution in [2.45, 2.75) is 50.8 Å². The van der Waals surface area contributed by atoms with Crippen LogP contribution in [-0.4, -0.2) is 47.6 Å². The fourth-order valence-electron chi connectivity index (χ4n) is 4.35. The average molecular weight is 409 g/mol. The molecule has 0 aromatic heterocycles. The van der Waals surface area contributed by atoms with Crippen molar-refractivity contribution < 1.29 is 24.2 Å². The first kappa shape index (κ1) is 20.4. The Morgan fingerprint density at radius 1 is 1.00 bits per heavy atom. The second kappa shape index (κ2) is 8.88. The lowest BCUT2D eigenvalue weighted by Gasteiger charge is -2.26. The largest absolute Gasteiger partial charge is 0.464 e. The molecule has 2 aromatic rings. The van der Waals surface area contributed by atoms with Crippen LogP contribution < -0.4 is 0 Å². The smallest absolute Gasteiger partial charge is 0.412 e. The molecule has 1 aliphatic carbocycles. The molecule has 1 fully saturated rings. The Balaban J connectivity index is 1.46. The molecule has 0 bridgehead atoms. The minimum absolute atomic E-state index is 0.0731. The maximum Gasteiger partial charge on any atom is 0.412 e. The van der Waals surface area contributed by atoms with Crippen molar-refractivity contribution in [2.24, 2.45) is 0 Å². The third-order valence-corrected chi connectivity index (χ3v) is 5.92. The minimum atomic E-state index is -1.04. The topological polar surface area (TPSA) is 76.1 Å². The van der Waals surface area contributed by atoms with Crippen LogP contribution in [0.25, 0.3) is 11.1 Å². The van der Waals surface area contributed by atoms with Gasteiger partial charge in [0, 0.05) is 5.92 Å². The van der Waals surface area contributed by atoms with E-state index in [2.05, 4.69) is 12.1 Å². The van der Waals surface area contributed by atoms with Gasteiger partial charge < -0.3 is 14.6 Å². The summed E-state index contributed by atoms with van der Waals surface area (Å²) in [5.74, 6) is -0.551. The number of carbonyl (C=O) groups is 2. The lowest BCUT2D eigenvalue weighted by atomic mass is 9.98. The molecule has 2 unspecified atom stereocenters. The number of fused-ring (bicyclic) bond motifs is 3. The van der Waals surface area contributed by atoms with E-state index < -0.39 is 24.3 Å². The second-order valence-corrected chi connectivity index (χ2v) is 7.81.